The number of rotatable bonds is 6. The molecular formula is C19H26N2O3S. The maximum atomic E-state index is 11.0. The molecule has 0 aliphatic carbocycles. The van der Waals surface area contributed by atoms with Crippen molar-refractivity contribution in [3.05, 3.63) is 54.6 Å². The first kappa shape index (κ1) is 18.1. The van der Waals surface area contributed by atoms with Crippen molar-refractivity contribution in [1.82, 2.24) is 5.32 Å². The van der Waals surface area contributed by atoms with Crippen molar-refractivity contribution in [2.24, 2.45) is 5.92 Å². The Morgan fingerprint density at radius 3 is 2.48 bits per heavy atom. The number of hydrogen-bond acceptors (Lipinski definition) is 5. The van der Waals surface area contributed by atoms with Crippen molar-refractivity contribution in [3.63, 3.8) is 0 Å². The minimum absolute atomic E-state index is 0.521. The molecule has 25 heavy (non-hydrogen) atoms. The Kier molecular flexibility index (Phi) is 5.54. The summed E-state index contributed by atoms with van der Waals surface area (Å²) in [4.78, 5) is 0. The van der Waals surface area contributed by atoms with Crippen LogP contribution >= 0.6 is 10.8 Å². The van der Waals surface area contributed by atoms with E-state index in [1.54, 1.807) is 4.31 Å². The summed E-state index contributed by atoms with van der Waals surface area (Å²) in [5.41, 5.74) is 0.751. The van der Waals surface area contributed by atoms with Crippen molar-refractivity contribution in [3.8, 4) is 5.75 Å². The predicted octanol–water partition coefficient (Wildman–Crippen LogP) is 4.84. The van der Waals surface area contributed by atoms with E-state index in [0.717, 1.165) is 12.2 Å². The largest absolute Gasteiger partial charge is 0.466 e. The lowest BCUT2D eigenvalue weighted by Crippen LogP contribution is -2.40. The molecule has 0 saturated heterocycles. The Bertz CT molecular complexity index is 694. The van der Waals surface area contributed by atoms with Gasteiger partial charge in [0.05, 0.1) is 5.69 Å². The predicted molar refractivity (Wildman–Crippen MR) is 105 cm³/mol. The van der Waals surface area contributed by atoms with Crippen LogP contribution in [0.2, 0.25) is 0 Å². The van der Waals surface area contributed by atoms with Gasteiger partial charge in [-0.25, -0.2) is 4.31 Å². The average Bonchev–Trinajstić information content (AvgIpc) is 2.59. The number of nitrogens with zero attached hydrogens (tertiary/aromatic N) is 1. The second kappa shape index (κ2) is 7.66. The number of benzene rings is 2. The van der Waals surface area contributed by atoms with Crippen molar-refractivity contribution >= 4 is 22.2 Å². The van der Waals surface area contributed by atoms with E-state index >= 15 is 0 Å². The first-order valence-corrected chi connectivity index (χ1v) is 10.2. The molecule has 0 aromatic heterocycles. The summed E-state index contributed by atoms with van der Waals surface area (Å²) in [7, 11) is -3.16. The fraction of sp³-hybridized carbons (Fsp3) is 0.368. The van der Waals surface area contributed by atoms with Crippen molar-refractivity contribution in [2.45, 2.75) is 25.7 Å². The van der Waals surface area contributed by atoms with Gasteiger partial charge in [0.25, 0.3) is 0 Å². The van der Waals surface area contributed by atoms with Crippen LogP contribution in [0, 0.1) is 5.92 Å². The van der Waals surface area contributed by atoms with Gasteiger partial charge in [-0.05, 0) is 36.7 Å². The van der Waals surface area contributed by atoms with Crippen LogP contribution in [0.1, 0.15) is 20.3 Å². The second-order valence-electron chi connectivity index (χ2n) is 6.59. The van der Waals surface area contributed by atoms with Gasteiger partial charge in [-0.2, -0.15) is 0 Å². The van der Waals surface area contributed by atoms with E-state index in [1.165, 1.54) is 0 Å². The van der Waals surface area contributed by atoms with Crippen LogP contribution in [0.5, 0.6) is 5.75 Å². The number of fused-ring (bicyclic) bond motifs is 1. The Balaban J connectivity index is 1.88. The van der Waals surface area contributed by atoms with Gasteiger partial charge in [0.1, 0.15) is 11.4 Å². The summed E-state index contributed by atoms with van der Waals surface area (Å²) in [6, 6.07) is 16.9. The highest BCUT2D eigenvalue weighted by Gasteiger charge is 2.40. The number of ether oxygens (including phenoxy) is 1. The molecule has 1 aliphatic rings. The Morgan fingerprint density at radius 1 is 1.08 bits per heavy atom. The fourth-order valence-electron chi connectivity index (χ4n) is 2.88. The van der Waals surface area contributed by atoms with Gasteiger partial charge in [0.15, 0.2) is 0 Å². The molecule has 1 unspecified atom stereocenters. The molecule has 0 fully saturated rings. The molecule has 136 valence electrons. The number of hydrogen-bond donors (Lipinski definition) is 3. The summed E-state index contributed by atoms with van der Waals surface area (Å²) >= 11 is 0. The molecule has 0 amide bonds. The number of para-hydroxylation sites is 3. The van der Waals surface area contributed by atoms with E-state index in [0.29, 0.717) is 30.3 Å². The fourth-order valence-corrected chi connectivity index (χ4v) is 4.65. The molecule has 0 saturated carbocycles. The normalized spacial score (nSPS) is 20.0. The van der Waals surface area contributed by atoms with Crippen LogP contribution in [0.3, 0.4) is 0 Å². The molecule has 0 bridgehead atoms. The Labute approximate surface area is 151 Å². The zero-order valence-electron chi connectivity index (χ0n) is 14.6. The SMILES string of the molecule is CC(C)CNCCC1Oc2ccccc2N(c2ccccc2)S1(O)O. The molecular weight excluding hydrogens is 336 g/mol. The van der Waals surface area contributed by atoms with Crippen LogP contribution in [-0.2, 0) is 0 Å². The molecule has 6 heteroatoms. The third-order valence-electron chi connectivity index (χ3n) is 4.06. The first-order valence-electron chi connectivity index (χ1n) is 8.59. The molecule has 2 aromatic rings. The van der Waals surface area contributed by atoms with Gasteiger partial charge in [-0.3, -0.25) is 9.11 Å². The van der Waals surface area contributed by atoms with Crippen LogP contribution in [0.25, 0.3) is 0 Å². The third kappa shape index (κ3) is 3.93. The highest BCUT2D eigenvalue weighted by Crippen LogP contribution is 2.61. The molecule has 0 radical (unpaired) electrons. The summed E-state index contributed by atoms with van der Waals surface area (Å²) in [5, 5.41) is 3.34. The van der Waals surface area contributed by atoms with Crippen LogP contribution < -0.4 is 14.4 Å². The summed E-state index contributed by atoms with van der Waals surface area (Å²) in [6.07, 6.45) is 0.521. The molecule has 1 aliphatic heterocycles. The minimum Gasteiger partial charge on any atom is -0.466 e. The molecule has 3 rings (SSSR count). The zero-order valence-corrected chi connectivity index (χ0v) is 15.4. The van der Waals surface area contributed by atoms with E-state index < -0.39 is 16.2 Å². The van der Waals surface area contributed by atoms with E-state index in [4.69, 9.17) is 4.74 Å². The zero-order chi connectivity index (χ0) is 17.9. The van der Waals surface area contributed by atoms with Gasteiger partial charge in [-0.15, -0.1) is 0 Å². The molecule has 1 atom stereocenters. The molecule has 5 nitrogen and oxygen atoms in total. The van der Waals surface area contributed by atoms with Gasteiger partial charge in [-0.1, -0.05) is 55.0 Å². The van der Waals surface area contributed by atoms with Crippen LogP contribution in [0.4, 0.5) is 11.4 Å². The average molecular weight is 362 g/mol. The van der Waals surface area contributed by atoms with E-state index in [2.05, 4.69) is 19.2 Å². The van der Waals surface area contributed by atoms with E-state index in [-0.39, 0.29) is 0 Å². The maximum absolute atomic E-state index is 11.0. The number of nitrogens with one attached hydrogen (secondary N) is 1. The van der Waals surface area contributed by atoms with Crippen LogP contribution in [-0.4, -0.2) is 27.6 Å². The Hall–Kier alpha value is -1.73. The van der Waals surface area contributed by atoms with Crippen molar-refractivity contribution in [2.75, 3.05) is 17.4 Å². The summed E-state index contributed by atoms with van der Waals surface area (Å²) in [6.45, 7) is 5.85. The van der Waals surface area contributed by atoms with Crippen molar-refractivity contribution in [1.29, 1.82) is 0 Å². The molecule has 0 spiro atoms. The highest BCUT2D eigenvalue weighted by atomic mass is 32.3. The van der Waals surface area contributed by atoms with Gasteiger partial charge >= 0.3 is 0 Å². The highest BCUT2D eigenvalue weighted by molar-refractivity contribution is 8.26. The lowest BCUT2D eigenvalue weighted by molar-refractivity contribution is 0.237. The Morgan fingerprint density at radius 2 is 1.76 bits per heavy atom. The monoisotopic (exact) mass is 362 g/mol. The van der Waals surface area contributed by atoms with Crippen molar-refractivity contribution < 1.29 is 13.8 Å². The first-order chi connectivity index (χ1) is 12.0. The summed E-state index contributed by atoms with van der Waals surface area (Å²) in [5.74, 6) is 1.22. The molecule has 1 heterocycles. The quantitative estimate of drug-likeness (QED) is 0.642. The van der Waals surface area contributed by atoms with Gasteiger partial charge < -0.3 is 10.1 Å². The topological polar surface area (TPSA) is 65.0 Å². The minimum atomic E-state index is -3.16. The third-order valence-corrected chi connectivity index (χ3v) is 6.05. The maximum Gasteiger partial charge on any atom is 0.207 e. The summed E-state index contributed by atoms with van der Waals surface area (Å²) < 4.78 is 29.6. The smallest absolute Gasteiger partial charge is 0.207 e. The standard InChI is InChI=1S/C19H26N2O3S/c1-15(2)14-20-13-12-19-24-18-11-7-6-10-17(18)21(25(19,22)23)16-8-4-3-5-9-16/h3-11,15,19-20,22-23H,12-14H2,1-2H3. The molecule has 3 N–H and O–H groups in total. The molecule has 2 aromatic carbocycles. The van der Waals surface area contributed by atoms with Gasteiger partial charge in [0.2, 0.25) is 5.44 Å². The van der Waals surface area contributed by atoms with E-state index in [1.807, 2.05) is 54.6 Å². The lowest BCUT2D eigenvalue weighted by atomic mass is 10.2. The lowest BCUT2D eigenvalue weighted by Gasteiger charge is -2.51. The van der Waals surface area contributed by atoms with E-state index in [9.17, 15) is 9.11 Å². The second-order valence-corrected chi connectivity index (χ2v) is 8.61. The van der Waals surface area contributed by atoms with Crippen LogP contribution in [0.15, 0.2) is 54.6 Å². The van der Waals surface area contributed by atoms with Gasteiger partial charge in [0, 0.05) is 13.0 Å². The number of anilines is 2.